The quantitative estimate of drug-likeness (QED) is 0.279. The van der Waals surface area contributed by atoms with Gasteiger partial charge in [0.1, 0.15) is 17.2 Å². The molecule has 38 heavy (non-hydrogen) atoms. The summed E-state index contributed by atoms with van der Waals surface area (Å²) in [6, 6.07) is 16.8. The Labute approximate surface area is 226 Å². The monoisotopic (exact) mass is 535 g/mol. The van der Waals surface area contributed by atoms with Gasteiger partial charge in [-0.3, -0.25) is 9.98 Å². The van der Waals surface area contributed by atoms with E-state index in [0.29, 0.717) is 41.4 Å². The van der Waals surface area contributed by atoms with Gasteiger partial charge in [-0.1, -0.05) is 66.2 Å². The van der Waals surface area contributed by atoms with E-state index in [1.807, 2.05) is 67.8 Å². The molecule has 0 spiro atoms. The molecule has 1 aliphatic rings. The maximum absolute atomic E-state index is 14.9. The van der Waals surface area contributed by atoms with Gasteiger partial charge in [-0.05, 0) is 66.8 Å². The molecular weight excluding hydrogens is 507 g/mol. The summed E-state index contributed by atoms with van der Waals surface area (Å²) in [5.74, 6) is -3.36. The molecule has 0 aliphatic carbocycles. The number of nitrogens with one attached hydrogen (secondary N) is 1. The van der Waals surface area contributed by atoms with Crippen molar-refractivity contribution >= 4 is 23.0 Å². The molecule has 1 unspecified atom stereocenters. The zero-order chi connectivity index (χ0) is 27.2. The molecule has 7 heteroatoms. The molecule has 3 aromatic rings. The summed E-state index contributed by atoms with van der Waals surface area (Å²) < 4.78 is 43.7. The molecule has 4 rings (SSSR count). The second kappa shape index (κ2) is 11.8. The van der Waals surface area contributed by atoms with Crippen LogP contribution in [0.2, 0.25) is 5.02 Å². The van der Waals surface area contributed by atoms with Gasteiger partial charge in [0, 0.05) is 31.3 Å². The highest BCUT2D eigenvalue weighted by Gasteiger charge is 2.38. The standard InChI is InChI=1S/C31H29ClF3N3/c1-3-4-5-6-10-15-31(28-14-13-26(32)21-36-28,25-17-24(30(2,34)35)18-27(33)19-25)38-29-16-23(20-37-29)22-11-8-7-9-12-22/h3-9,11-14,17-21H,10,15-16H2,1-2H3,(H,37,38)/b4-3-,6-5-. The zero-order valence-corrected chi connectivity index (χ0v) is 22.0. The summed E-state index contributed by atoms with van der Waals surface area (Å²) in [5, 5.41) is 3.67. The number of aromatic nitrogens is 1. The third-order valence-electron chi connectivity index (χ3n) is 6.39. The third kappa shape index (κ3) is 6.43. The molecular formula is C31H29ClF3N3. The average Bonchev–Trinajstić information content (AvgIpc) is 3.36. The van der Waals surface area contributed by atoms with E-state index in [1.165, 1.54) is 18.3 Å². The van der Waals surface area contributed by atoms with Gasteiger partial charge < -0.3 is 5.32 Å². The van der Waals surface area contributed by atoms with Crippen molar-refractivity contribution in [1.82, 2.24) is 10.3 Å². The molecule has 0 fully saturated rings. The molecule has 1 aliphatic heterocycles. The Morgan fingerprint density at radius 2 is 1.82 bits per heavy atom. The molecule has 0 saturated heterocycles. The van der Waals surface area contributed by atoms with Crippen LogP contribution in [0, 0.1) is 5.82 Å². The number of hydrogen-bond donors (Lipinski definition) is 1. The van der Waals surface area contributed by atoms with E-state index in [9.17, 15) is 13.2 Å². The lowest BCUT2D eigenvalue weighted by Gasteiger charge is -2.31. The predicted molar refractivity (Wildman–Crippen MR) is 149 cm³/mol. The average molecular weight is 536 g/mol. The minimum absolute atomic E-state index is 0.297. The summed E-state index contributed by atoms with van der Waals surface area (Å²) in [6.07, 6.45) is 12.5. The first-order chi connectivity index (χ1) is 18.2. The van der Waals surface area contributed by atoms with Crippen molar-refractivity contribution in [2.24, 2.45) is 4.99 Å². The minimum Gasteiger partial charge on any atom is -0.350 e. The van der Waals surface area contributed by atoms with Gasteiger partial charge in [-0.15, -0.1) is 0 Å². The lowest BCUT2D eigenvalue weighted by molar-refractivity contribution is 0.0170. The van der Waals surface area contributed by atoms with Gasteiger partial charge >= 0.3 is 0 Å². The topological polar surface area (TPSA) is 37.3 Å². The molecule has 2 heterocycles. The molecule has 1 atom stereocenters. The molecule has 196 valence electrons. The normalized spacial score (nSPS) is 16.7. The Kier molecular flexibility index (Phi) is 8.52. The van der Waals surface area contributed by atoms with Gasteiger partial charge in [0.05, 0.1) is 10.7 Å². The number of amidine groups is 1. The number of pyridine rings is 1. The highest BCUT2D eigenvalue weighted by atomic mass is 35.5. The van der Waals surface area contributed by atoms with Crippen molar-refractivity contribution < 1.29 is 13.2 Å². The smallest absolute Gasteiger partial charge is 0.270 e. The van der Waals surface area contributed by atoms with E-state index in [2.05, 4.69) is 10.3 Å². The van der Waals surface area contributed by atoms with Crippen LogP contribution in [0.5, 0.6) is 0 Å². The van der Waals surface area contributed by atoms with Gasteiger partial charge in [0.15, 0.2) is 0 Å². The van der Waals surface area contributed by atoms with Crippen LogP contribution in [0.15, 0.2) is 102 Å². The van der Waals surface area contributed by atoms with Crippen LogP contribution in [0.1, 0.15) is 55.5 Å². The molecule has 1 N–H and O–H groups in total. The van der Waals surface area contributed by atoms with Crippen LogP contribution in [0.3, 0.4) is 0 Å². The molecule has 0 saturated carbocycles. The number of allylic oxidation sites excluding steroid dienone is 4. The first kappa shape index (κ1) is 27.4. The Balaban J connectivity index is 1.87. The summed E-state index contributed by atoms with van der Waals surface area (Å²) in [6.45, 7) is 2.68. The Morgan fingerprint density at radius 3 is 2.50 bits per heavy atom. The predicted octanol–water partition coefficient (Wildman–Crippen LogP) is 8.57. The van der Waals surface area contributed by atoms with Crippen molar-refractivity contribution in [2.75, 3.05) is 0 Å². The van der Waals surface area contributed by atoms with E-state index < -0.39 is 22.8 Å². The van der Waals surface area contributed by atoms with E-state index in [1.54, 1.807) is 12.1 Å². The van der Waals surface area contributed by atoms with E-state index in [0.717, 1.165) is 24.1 Å². The number of halogens is 4. The van der Waals surface area contributed by atoms with Gasteiger partial charge in [0.25, 0.3) is 5.92 Å². The largest absolute Gasteiger partial charge is 0.350 e. The van der Waals surface area contributed by atoms with Crippen LogP contribution < -0.4 is 5.32 Å². The molecule has 1 aromatic heterocycles. The van der Waals surface area contributed by atoms with Gasteiger partial charge in [0.2, 0.25) is 0 Å². The van der Waals surface area contributed by atoms with Crippen molar-refractivity contribution in [3.8, 4) is 0 Å². The second-order valence-corrected chi connectivity index (χ2v) is 9.68. The Morgan fingerprint density at radius 1 is 1.05 bits per heavy atom. The van der Waals surface area contributed by atoms with Crippen LogP contribution >= 0.6 is 11.6 Å². The maximum atomic E-state index is 14.9. The summed E-state index contributed by atoms with van der Waals surface area (Å²) in [5.41, 5.74) is 1.20. The molecule has 0 amide bonds. The van der Waals surface area contributed by atoms with Crippen LogP contribution in [0.4, 0.5) is 13.2 Å². The van der Waals surface area contributed by atoms with E-state index in [-0.39, 0.29) is 0 Å². The van der Waals surface area contributed by atoms with Crippen molar-refractivity contribution in [2.45, 2.75) is 44.6 Å². The zero-order valence-electron chi connectivity index (χ0n) is 21.3. The highest BCUT2D eigenvalue weighted by molar-refractivity contribution is 6.30. The lowest BCUT2D eigenvalue weighted by Crippen LogP contribution is -2.31. The third-order valence-corrected chi connectivity index (χ3v) is 6.61. The van der Waals surface area contributed by atoms with Crippen LogP contribution in [-0.4, -0.2) is 10.8 Å². The lowest BCUT2D eigenvalue weighted by atomic mass is 9.81. The van der Waals surface area contributed by atoms with E-state index >= 15 is 0 Å². The number of rotatable bonds is 9. The van der Waals surface area contributed by atoms with Gasteiger partial charge in [-0.25, -0.2) is 13.2 Å². The van der Waals surface area contributed by atoms with E-state index in [4.69, 9.17) is 16.6 Å². The van der Waals surface area contributed by atoms with Crippen molar-refractivity contribution in [1.29, 1.82) is 0 Å². The number of nitrogens with zero attached hydrogens (tertiary/aromatic N) is 2. The molecule has 0 bridgehead atoms. The first-order valence-corrected chi connectivity index (χ1v) is 12.8. The first-order valence-electron chi connectivity index (χ1n) is 12.4. The van der Waals surface area contributed by atoms with Gasteiger partial charge in [-0.2, -0.15) is 0 Å². The Bertz CT molecular complexity index is 1370. The van der Waals surface area contributed by atoms with Crippen LogP contribution in [-0.2, 0) is 11.5 Å². The highest BCUT2D eigenvalue weighted by Crippen LogP contribution is 2.41. The molecule has 3 nitrogen and oxygen atoms in total. The summed E-state index contributed by atoms with van der Waals surface area (Å²) >= 11 is 6.14. The SMILES string of the molecule is C/C=C\C=C/CCC(N=C1CC(c2ccccc2)=CN1)(c1cc(F)cc(C(C)(F)F)c1)c1ccc(Cl)cn1. The van der Waals surface area contributed by atoms with Crippen molar-refractivity contribution in [3.05, 3.63) is 131 Å². The number of hydrogen-bond acceptors (Lipinski definition) is 2. The molecule has 0 radical (unpaired) electrons. The van der Waals surface area contributed by atoms with Crippen molar-refractivity contribution in [3.63, 3.8) is 0 Å². The number of aliphatic imine (C=N–C) groups is 1. The maximum Gasteiger partial charge on any atom is 0.270 e. The summed E-state index contributed by atoms with van der Waals surface area (Å²) in [7, 11) is 0. The fraction of sp³-hybridized carbons (Fsp3) is 0.226. The minimum atomic E-state index is -3.23. The Hall–Kier alpha value is -3.64. The molecule has 2 aromatic carbocycles. The number of benzene rings is 2. The fourth-order valence-electron chi connectivity index (χ4n) is 4.47. The fourth-order valence-corrected chi connectivity index (χ4v) is 4.58. The van der Waals surface area contributed by atoms with Crippen LogP contribution in [0.25, 0.3) is 5.57 Å². The second-order valence-electron chi connectivity index (χ2n) is 9.25. The number of alkyl halides is 2. The summed E-state index contributed by atoms with van der Waals surface area (Å²) in [4.78, 5) is 9.67.